The van der Waals surface area contributed by atoms with Crippen molar-refractivity contribution in [3.8, 4) is 0 Å². The van der Waals surface area contributed by atoms with E-state index in [9.17, 15) is 5.11 Å². The molecule has 1 aromatic carbocycles. The maximum atomic E-state index is 9.33. The number of aliphatic hydroxyl groups is 1. The number of hydrazone groups is 1. The highest BCUT2D eigenvalue weighted by molar-refractivity contribution is 6.36. The summed E-state index contributed by atoms with van der Waals surface area (Å²) in [7, 11) is 0. The molecule has 2 aromatic rings. The minimum Gasteiger partial charge on any atom is -0.392 e. The lowest BCUT2D eigenvalue weighted by molar-refractivity contribution is -0.553. The molecular weight excluding hydrogens is 288 g/mol. The van der Waals surface area contributed by atoms with E-state index in [0.29, 0.717) is 0 Å². The second-order valence-corrected chi connectivity index (χ2v) is 5.36. The van der Waals surface area contributed by atoms with Gasteiger partial charge < -0.3 is 5.11 Å². The van der Waals surface area contributed by atoms with Crippen molar-refractivity contribution in [2.75, 3.05) is 0 Å². The molecule has 0 bridgehead atoms. The van der Waals surface area contributed by atoms with Crippen LogP contribution in [0, 0.1) is 0 Å². The lowest BCUT2D eigenvalue weighted by Gasteiger charge is -2.07. The molecule has 23 heavy (non-hydrogen) atoms. The molecular formula is C18H15N4O+. The van der Waals surface area contributed by atoms with Gasteiger partial charge in [-0.25, -0.2) is 4.99 Å². The molecule has 0 radical (unpaired) electrons. The molecule has 0 fully saturated rings. The van der Waals surface area contributed by atoms with Crippen molar-refractivity contribution >= 4 is 17.6 Å². The van der Waals surface area contributed by atoms with E-state index in [4.69, 9.17) is 5.10 Å². The first-order valence-corrected chi connectivity index (χ1v) is 7.42. The molecule has 4 rings (SSSR count). The van der Waals surface area contributed by atoms with E-state index in [1.54, 1.807) is 12.4 Å². The molecule has 1 aromatic heterocycles. The summed E-state index contributed by atoms with van der Waals surface area (Å²) in [4.78, 5) is 8.54. The van der Waals surface area contributed by atoms with Crippen LogP contribution in [0.5, 0.6) is 0 Å². The summed E-state index contributed by atoms with van der Waals surface area (Å²) in [6, 6.07) is 11.7. The molecule has 5 heteroatoms. The molecule has 2 aliphatic heterocycles. The van der Waals surface area contributed by atoms with Crippen LogP contribution in [0.2, 0.25) is 0 Å². The molecule has 0 aliphatic carbocycles. The maximum Gasteiger partial charge on any atom is 0.297 e. The number of nitrogens with zero attached hydrogens (tertiary/aromatic N) is 4. The van der Waals surface area contributed by atoms with Gasteiger partial charge in [-0.3, -0.25) is 4.98 Å². The Labute approximate surface area is 133 Å². The van der Waals surface area contributed by atoms with Gasteiger partial charge >= 0.3 is 0 Å². The monoisotopic (exact) mass is 303 g/mol. The van der Waals surface area contributed by atoms with E-state index >= 15 is 0 Å². The second-order valence-electron chi connectivity index (χ2n) is 5.36. The number of hydrogen-bond acceptors (Lipinski definition) is 4. The van der Waals surface area contributed by atoms with Crippen LogP contribution < -0.4 is 0 Å². The molecule has 5 nitrogen and oxygen atoms in total. The number of benzene rings is 1. The summed E-state index contributed by atoms with van der Waals surface area (Å²) >= 11 is 0. The molecule has 1 N–H and O–H groups in total. The van der Waals surface area contributed by atoms with Crippen LogP contribution >= 0.6 is 0 Å². The van der Waals surface area contributed by atoms with Gasteiger partial charge in [0.1, 0.15) is 11.9 Å². The fourth-order valence-corrected chi connectivity index (χ4v) is 2.70. The highest BCUT2D eigenvalue weighted by atomic mass is 16.3. The zero-order valence-corrected chi connectivity index (χ0v) is 12.4. The Morgan fingerprint density at radius 2 is 1.96 bits per heavy atom. The first-order valence-electron chi connectivity index (χ1n) is 7.42. The van der Waals surface area contributed by atoms with Crippen LogP contribution in [0.3, 0.4) is 0 Å². The molecule has 0 saturated carbocycles. The molecule has 0 amide bonds. The van der Waals surface area contributed by atoms with E-state index in [2.05, 4.69) is 9.98 Å². The summed E-state index contributed by atoms with van der Waals surface area (Å²) in [5.74, 6) is 0. The van der Waals surface area contributed by atoms with Crippen molar-refractivity contribution in [1.29, 1.82) is 0 Å². The molecule has 1 atom stereocenters. The van der Waals surface area contributed by atoms with Crippen molar-refractivity contribution in [2.45, 2.75) is 12.8 Å². The predicted octanol–water partition coefficient (Wildman–Crippen LogP) is 1.76. The highest BCUT2D eigenvalue weighted by Gasteiger charge is 2.32. The molecule has 2 aliphatic rings. The van der Waals surface area contributed by atoms with Crippen molar-refractivity contribution in [3.05, 3.63) is 77.6 Å². The van der Waals surface area contributed by atoms with Crippen molar-refractivity contribution in [2.24, 2.45) is 10.1 Å². The Morgan fingerprint density at radius 1 is 1.09 bits per heavy atom. The van der Waals surface area contributed by atoms with Gasteiger partial charge in [-0.2, -0.15) is 0 Å². The topological polar surface area (TPSA) is 60.9 Å². The standard InChI is InChI=1S/C18H15N4O/c23-12-13-2-1-3-15(10-13)17-11-20-18-5-4-16(21-22(17)18)14-6-8-19-9-7-14/h1-11,18,23H,12H2/q+1. The van der Waals surface area contributed by atoms with E-state index in [0.717, 1.165) is 28.1 Å². The zero-order valence-electron chi connectivity index (χ0n) is 12.4. The van der Waals surface area contributed by atoms with E-state index in [-0.39, 0.29) is 12.8 Å². The number of aromatic nitrogens is 1. The van der Waals surface area contributed by atoms with Crippen LogP contribution in [0.25, 0.3) is 0 Å². The second kappa shape index (κ2) is 5.70. The summed E-state index contributed by atoms with van der Waals surface area (Å²) in [5, 5.41) is 14.1. The minimum atomic E-state index is -0.103. The SMILES string of the molecule is OCc1cccc(C2=[N+]3N=C(c4ccncc4)C=CC3N=C2)c1. The Balaban J connectivity index is 1.79. The number of pyridine rings is 1. The smallest absolute Gasteiger partial charge is 0.297 e. The van der Waals surface area contributed by atoms with Crippen molar-refractivity contribution in [3.63, 3.8) is 0 Å². The van der Waals surface area contributed by atoms with Crippen molar-refractivity contribution in [1.82, 2.24) is 4.98 Å². The van der Waals surface area contributed by atoms with E-state index in [1.807, 2.05) is 59.4 Å². The number of aliphatic imine (C=N–C) groups is 1. The van der Waals surface area contributed by atoms with Gasteiger partial charge in [0, 0.05) is 29.1 Å². The molecule has 112 valence electrons. The molecule has 0 spiro atoms. The van der Waals surface area contributed by atoms with Crippen molar-refractivity contribution < 1.29 is 9.79 Å². The van der Waals surface area contributed by atoms with E-state index < -0.39 is 0 Å². The molecule has 1 unspecified atom stereocenters. The van der Waals surface area contributed by atoms with Crippen LogP contribution in [0.4, 0.5) is 0 Å². The van der Waals surface area contributed by atoms with Crippen LogP contribution in [0.1, 0.15) is 16.7 Å². The minimum absolute atomic E-state index is 0.0210. The number of fused-ring (bicyclic) bond motifs is 1. The van der Waals surface area contributed by atoms with Gasteiger partial charge in [-0.15, -0.1) is 0 Å². The van der Waals surface area contributed by atoms with Gasteiger partial charge in [0.15, 0.2) is 0 Å². The zero-order chi connectivity index (χ0) is 15.6. The highest BCUT2D eigenvalue weighted by Crippen LogP contribution is 2.17. The normalized spacial score (nSPS) is 19.0. The van der Waals surface area contributed by atoms with Gasteiger partial charge in [-0.05, 0) is 35.9 Å². The summed E-state index contributed by atoms with van der Waals surface area (Å²) < 4.78 is 1.91. The summed E-state index contributed by atoms with van der Waals surface area (Å²) in [6.45, 7) is 0.0210. The van der Waals surface area contributed by atoms with E-state index in [1.165, 1.54) is 0 Å². The maximum absolute atomic E-state index is 9.33. The largest absolute Gasteiger partial charge is 0.392 e. The number of allylic oxidation sites excluding steroid dienone is 1. The number of aliphatic hydroxyl groups excluding tert-OH is 1. The quantitative estimate of drug-likeness (QED) is 0.878. The predicted molar refractivity (Wildman–Crippen MR) is 88.9 cm³/mol. The Morgan fingerprint density at radius 3 is 2.78 bits per heavy atom. The summed E-state index contributed by atoms with van der Waals surface area (Å²) in [5.41, 5.74) is 4.70. The third kappa shape index (κ3) is 2.51. The van der Waals surface area contributed by atoms with Crippen LogP contribution in [-0.4, -0.2) is 38.6 Å². The lowest BCUT2D eigenvalue weighted by Crippen LogP contribution is -2.25. The van der Waals surface area contributed by atoms with Gasteiger partial charge in [0.2, 0.25) is 0 Å². The first-order chi connectivity index (χ1) is 11.3. The Hall–Kier alpha value is -2.92. The Kier molecular flexibility index (Phi) is 3.40. The average Bonchev–Trinajstić information content (AvgIpc) is 3.05. The van der Waals surface area contributed by atoms with Gasteiger partial charge in [0.05, 0.1) is 12.2 Å². The average molecular weight is 303 g/mol. The fraction of sp³-hybridized carbons (Fsp3) is 0.111. The lowest BCUT2D eigenvalue weighted by atomic mass is 10.1. The van der Waals surface area contributed by atoms with Crippen LogP contribution in [-0.2, 0) is 6.61 Å². The van der Waals surface area contributed by atoms with Crippen LogP contribution in [0.15, 0.2) is 71.0 Å². The third-order valence-corrected chi connectivity index (χ3v) is 3.87. The first kappa shape index (κ1) is 13.7. The number of hydrogen-bond donors (Lipinski definition) is 1. The van der Waals surface area contributed by atoms with Gasteiger partial charge in [-0.1, -0.05) is 16.8 Å². The molecule has 3 heterocycles. The number of rotatable bonds is 3. The fourth-order valence-electron chi connectivity index (χ4n) is 2.70. The molecule has 0 saturated heterocycles. The third-order valence-electron chi connectivity index (χ3n) is 3.87. The Bertz CT molecular complexity index is 866. The summed E-state index contributed by atoms with van der Waals surface area (Å²) in [6.07, 6.45) is 9.27. The van der Waals surface area contributed by atoms with Gasteiger partial charge in [0.25, 0.3) is 11.9 Å².